The quantitative estimate of drug-likeness (QED) is 0.366. The number of fused-ring (bicyclic) bond motifs is 1. The van der Waals surface area contributed by atoms with E-state index in [0.29, 0.717) is 23.0 Å². The fourth-order valence-corrected chi connectivity index (χ4v) is 5.33. The molecule has 1 aromatic carbocycles. The number of halogens is 1. The first-order chi connectivity index (χ1) is 14.5. The van der Waals surface area contributed by atoms with E-state index in [2.05, 4.69) is 43.8 Å². The predicted octanol–water partition coefficient (Wildman–Crippen LogP) is 5.23. The maximum Gasteiger partial charge on any atom is 0.341 e. The first-order valence-electron chi connectivity index (χ1n) is 9.62. The molecule has 0 unspecified atom stereocenters. The summed E-state index contributed by atoms with van der Waals surface area (Å²) >= 11 is 10.5. The van der Waals surface area contributed by atoms with Crippen LogP contribution in [0.5, 0.6) is 0 Å². The van der Waals surface area contributed by atoms with Crippen molar-refractivity contribution in [1.82, 2.24) is 9.78 Å². The molecule has 9 heteroatoms. The molecular formula is C21H21BrN4O2S2. The highest BCUT2D eigenvalue weighted by Crippen LogP contribution is 2.38. The van der Waals surface area contributed by atoms with Crippen molar-refractivity contribution in [3.8, 4) is 0 Å². The standard InChI is InChI=1S/C21H21BrN4O2S2/c1-28-20(27)18-15-4-2-3-5-16(15)30-19(18)24-21(29)23-17-10-11-26(25-17)12-13-6-8-14(22)9-7-13/h6-11H,2-5,12H2,1H3,(H2,23,24,25,29). The number of hydrogen-bond acceptors (Lipinski definition) is 5. The van der Waals surface area contributed by atoms with Crippen molar-refractivity contribution in [2.45, 2.75) is 32.2 Å². The number of thiocarbonyl (C=S) groups is 1. The van der Waals surface area contributed by atoms with Gasteiger partial charge >= 0.3 is 5.97 Å². The summed E-state index contributed by atoms with van der Waals surface area (Å²) in [4.78, 5) is 13.6. The van der Waals surface area contributed by atoms with Crippen molar-refractivity contribution in [2.24, 2.45) is 0 Å². The summed E-state index contributed by atoms with van der Waals surface area (Å²) < 4.78 is 7.91. The Morgan fingerprint density at radius 3 is 2.77 bits per heavy atom. The molecule has 2 N–H and O–H groups in total. The number of thiophene rings is 1. The zero-order chi connectivity index (χ0) is 21.1. The van der Waals surface area contributed by atoms with Crippen LogP contribution < -0.4 is 10.6 Å². The van der Waals surface area contributed by atoms with E-state index in [1.54, 1.807) is 11.3 Å². The number of hydrogen-bond donors (Lipinski definition) is 2. The summed E-state index contributed by atoms with van der Waals surface area (Å²) in [6, 6.07) is 10.00. The number of rotatable bonds is 5. The largest absolute Gasteiger partial charge is 0.465 e. The highest BCUT2D eigenvalue weighted by molar-refractivity contribution is 9.10. The Kier molecular flexibility index (Phi) is 6.50. The molecule has 0 spiro atoms. The van der Waals surface area contributed by atoms with Gasteiger partial charge in [0.05, 0.1) is 19.2 Å². The molecule has 3 aromatic rings. The van der Waals surface area contributed by atoms with E-state index in [4.69, 9.17) is 17.0 Å². The van der Waals surface area contributed by atoms with Crippen molar-refractivity contribution >= 4 is 61.4 Å². The lowest BCUT2D eigenvalue weighted by atomic mass is 9.95. The van der Waals surface area contributed by atoms with Crippen molar-refractivity contribution < 1.29 is 9.53 Å². The second-order valence-electron chi connectivity index (χ2n) is 7.01. The maximum atomic E-state index is 12.4. The van der Waals surface area contributed by atoms with Crippen LogP contribution in [0.3, 0.4) is 0 Å². The van der Waals surface area contributed by atoms with Gasteiger partial charge in [-0.05, 0) is 61.2 Å². The summed E-state index contributed by atoms with van der Waals surface area (Å²) in [5, 5.41) is 11.9. The second-order valence-corrected chi connectivity index (χ2v) is 9.44. The minimum Gasteiger partial charge on any atom is -0.465 e. The summed E-state index contributed by atoms with van der Waals surface area (Å²) in [5.74, 6) is 0.323. The van der Waals surface area contributed by atoms with Gasteiger partial charge < -0.3 is 15.4 Å². The second kappa shape index (κ2) is 9.28. The van der Waals surface area contributed by atoms with Gasteiger partial charge in [0.1, 0.15) is 5.00 Å². The summed E-state index contributed by atoms with van der Waals surface area (Å²) in [5.41, 5.74) is 2.87. The first kappa shape index (κ1) is 21.0. The molecule has 0 amide bonds. The Labute approximate surface area is 192 Å². The van der Waals surface area contributed by atoms with Crippen LogP contribution in [0.1, 0.15) is 39.2 Å². The molecule has 0 atom stereocenters. The molecule has 0 radical (unpaired) electrons. The number of aromatic nitrogens is 2. The molecule has 1 aliphatic rings. The lowest BCUT2D eigenvalue weighted by Gasteiger charge is -2.12. The van der Waals surface area contributed by atoms with Gasteiger partial charge in [0.2, 0.25) is 0 Å². The normalized spacial score (nSPS) is 12.9. The van der Waals surface area contributed by atoms with Gasteiger partial charge in [0.15, 0.2) is 10.9 Å². The van der Waals surface area contributed by atoms with E-state index in [9.17, 15) is 4.79 Å². The average molecular weight is 505 g/mol. The van der Waals surface area contributed by atoms with E-state index in [1.165, 1.54) is 12.0 Å². The molecular weight excluding hydrogens is 484 g/mol. The number of nitrogens with zero attached hydrogens (tertiary/aromatic N) is 2. The molecule has 0 saturated carbocycles. The molecule has 2 heterocycles. The lowest BCUT2D eigenvalue weighted by molar-refractivity contribution is 0.0601. The van der Waals surface area contributed by atoms with Crippen molar-refractivity contribution in [2.75, 3.05) is 17.7 Å². The molecule has 0 bridgehead atoms. The number of esters is 1. The third kappa shape index (κ3) is 4.74. The van der Waals surface area contributed by atoms with E-state index in [0.717, 1.165) is 46.3 Å². The predicted molar refractivity (Wildman–Crippen MR) is 128 cm³/mol. The van der Waals surface area contributed by atoms with Gasteiger partial charge in [-0.15, -0.1) is 11.3 Å². The van der Waals surface area contributed by atoms with Gasteiger partial charge in [-0.25, -0.2) is 4.79 Å². The summed E-state index contributed by atoms with van der Waals surface area (Å²) in [6.07, 6.45) is 6.03. The number of anilines is 2. The van der Waals surface area contributed by atoms with Crippen LogP contribution in [0.2, 0.25) is 0 Å². The summed E-state index contributed by atoms with van der Waals surface area (Å²) in [6.45, 7) is 0.666. The van der Waals surface area contributed by atoms with E-state index < -0.39 is 0 Å². The SMILES string of the molecule is COC(=O)c1c(NC(=S)Nc2ccn(Cc3ccc(Br)cc3)n2)sc2c1CCCC2. The Balaban J connectivity index is 1.44. The number of methoxy groups -OCH3 is 1. The van der Waals surface area contributed by atoms with Crippen molar-refractivity contribution in [3.05, 3.63) is 62.6 Å². The van der Waals surface area contributed by atoms with Crippen LogP contribution >= 0.6 is 39.5 Å². The van der Waals surface area contributed by atoms with Gasteiger partial charge in [-0.3, -0.25) is 4.68 Å². The minimum atomic E-state index is -0.321. The van der Waals surface area contributed by atoms with Crippen LogP contribution in [0.4, 0.5) is 10.8 Å². The molecule has 0 fully saturated rings. The Morgan fingerprint density at radius 2 is 2.00 bits per heavy atom. The number of aryl methyl sites for hydroxylation is 1. The van der Waals surface area contributed by atoms with Gasteiger partial charge in [-0.1, -0.05) is 28.1 Å². The highest BCUT2D eigenvalue weighted by atomic mass is 79.9. The summed E-state index contributed by atoms with van der Waals surface area (Å²) in [7, 11) is 1.41. The molecule has 6 nitrogen and oxygen atoms in total. The number of ether oxygens (including phenoxy) is 1. The number of nitrogens with one attached hydrogen (secondary N) is 2. The van der Waals surface area contributed by atoms with Gasteiger partial charge in [-0.2, -0.15) is 5.10 Å². The zero-order valence-electron chi connectivity index (χ0n) is 16.4. The third-order valence-electron chi connectivity index (χ3n) is 4.93. The highest BCUT2D eigenvalue weighted by Gasteiger charge is 2.26. The van der Waals surface area contributed by atoms with Gasteiger partial charge in [0.25, 0.3) is 0 Å². The van der Waals surface area contributed by atoms with Crippen LogP contribution in [-0.4, -0.2) is 28.0 Å². The monoisotopic (exact) mass is 504 g/mol. The Morgan fingerprint density at radius 1 is 1.23 bits per heavy atom. The smallest absolute Gasteiger partial charge is 0.341 e. The number of carbonyl (C=O) groups excluding carboxylic acids is 1. The lowest BCUT2D eigenvalue weighted by Crippen LogP contribution is -2.20. The average Bonchev–Trinajstić information content (AvgIpc) is 3.32. The molecule has 1 aliphatic carbocycles. The molecule has 156 valence electrons. The molecule has 4 rings (SSSR count). The van der Waals surface area contributed by atoms with E-state index in [-0.39, 0.29) is 5.97 Å². The Bertz CT molecular complexity index is 1080. The van der Waals surface area contributed by atoms with Crippen LogP contribution in [-0.2, 0) is 24.1 Å². The van der Waals surface area contributed by atoms with Crippen LogP contribution in [0.15, 0.2) is 41.0 Å². The topological polar surface area (TPSA) is 68.2 Å². The zero-order valence-corrected chi connectivity index (χ0v) is 19.6. The van der Waals surface area contributed by atoms with Crippen molar-refractivity contribution in [1.29, 1.82) is 0 Å². The number of carbonyl (C=O) groups is 1. The van der Waals surface area contributed by atoms with Crippen LogP contribution in [0, 0.1) is 0 Å². The van der Waals surface area contributed by atoms with Crippen LogP contribution in [0.25, 0.3) is 0 Å². The first-order valence-corrected chi connectivity index (χ1v) is 11.6. The molecule has 0 saturated heterocycles. The Hall–Kier alpha value is -2.23. The third-order valence-corrected chi connectivity index (χ3v) is 6.87. The van der Waals surface area contributed by atoms with Gasteiger partial charge in [0, 0.05) is 21.6 Å². The fraction of sp³-hybridized carbons (Fsp3) is 0.286. The number of benzene rings is 1. The van der Waals surface area contributed by atoms with E-state index >= 15 is 0 Å². The molecule has 2 aromatic heterocycles. The molecule has 0 aliphatic heterocycles. The molecule has 30 heavy (non-hydrogen) atoms. The van der Waals surface area contributed by atoms with E-state index in [1.807, 2.05) is 29.1 Å². The minimum absolute atomic E-state index is 0.321. The van der Waals surface area contributed by atoms with Crippen molar-refractivity contribution in [3.63, 3.8) is 0 Å². The maximum absolute atomic E-state index is 12.4. The fourth-order valence-electron chi connectivity index (χ4n) is 3.52.